The minimum absolute atomic E-state index is 0.0134. The van der Waals surface area contributed by atoms with Crippen LogP contribution in [0.2, 0.25) is 0 Å². The monoisotopic (exact) mass is 233 g/mol. The zero-order valence-electron chi connectivity index (χ0n) is 10.2. The van der Waals surface area contributed by atoms with Crippen molar-refractivity contribution in [1.82, 2.24) is 4.90 Å². The molecule has 0 saturated carbocycles. The third-order valence-electron chi connectivity index (χ3n) is 3.02. The zero-order valence-corrected chi connectivity index (χ0v) is 10.2. The van der Waals surface area contributed by atoms with E-state index in [0.717, 1.165) is 13.0 Å². The molecule has 0 aliphatic carbocycles. The molecule has 3 heteroatoms. The molecule has 1 amide bonds. The Bertz CT molecular complexity index is 479. The van der Waals surface area contributed by atoms with Crippen molar-refractivity contribution in [2.45, 2.75) is 20.3 Å². The molecule has 1 aromatic carbocycles. The van der Waals surface area contributed by atoms with Crippen LogP contribution in [-0.4, -0.2) is 23.9 Å². The third-order valence-corrected chi connectivity index (χ3v) is 3.02. The minimum atomic E-state index is -0.267. The summed E-state index contributed by atoms with van der Waals surface area (Å²) >= 11 is 0. The lowest BCUT2D eigenvalue weighted by Gasteiger charge is -2.26. The lowest BCUT2D eigenvalue weighted by Crippen LogP contribution is -2.35. The smallest absolute Gasteiger partial charge is 0.254 e. The summed E-state index contributed by atoms with van der Waals surface area (Å²) in [6.45, 7) is 5.12. The molecule has 1 aliphatic heterocycles. The number of carbonyl (C=O) groups excluding carboxylic acids is 1. The van der Waals surface area contributed by atoms with E-state index in [9.17, 15) is 9.18 Å². The summed E-state index contributed by atoms with van der Waals surface area (Å²) in [6.07, 6.45) is 3.05. The fourth-order valence-corrected chi connectivity index (χ4v) is 2.05. The van der Waals surface area contributed by atoms with E-state index in [1.165, 1.54) is 11.6 Å². The number of hydrogen-bond donors (Lipinski definition) is 0. The van der Waals surface area contributed by atoms with Gasteiger partial charge in [0, 0.05) is 18.7 Å². The average molecular weight is 233 g/mol. The fraction of sp³-hybridized carbons (Fsp3) is 0.357. The molecule has 0 saturated heterocycles. The maximum Gasteiger partial charge on any atom is 0.254 e. The lowest BCUT2D eigenvalue weighted by atomic mass is 10.1. The first-order valence-corrected chi connectivity index (χ1v) is 5.79. The average Bonchev–Trinajstić information content (AvgIpc) is 2.32. The van der Waals surface area contributed by atoms with Crippen LogP contribution in [0.1, 0.15) is 29.3 Å². The molecule has 0 unspecified atom stereocenters. The maximum atomic E-state index is 13.1. The number of rotatable bonds is 1. The van der Waals surface area contributed by atoms with E-state index in [1.807, 2.05) is 11.8 Å². The fourth-order valence-electron chi connectivity index (χ4n) is 2.05. The molecule has 1 heterocycles. The zero-order chi connectivity index (χ0) is 12.4. The summed E-state index contributed by atoms with van der Waals surface area (Å²) in [5, 5.41) is 0. The summed E-state index contributed by atoms with van der Waals surface area (Å²) < 4.78 is 13.1. The lowest BCUT2D eigenvalue weighted by molar-refractivity contribution is 0.0766. The number of benzene rings is 1. The summed E-state index contributed by atoms with van der Waals surface area (Å²) in [6, 6.07) is 4.53. The number of halogens is 1. The summed E-state index contributed by atoms with van der Waals surface area (Å²) in [4.78, 5) is 14.0. The highest BCUT2D eigenvalue weighted by atomic mass is 19.1. The van der Waals surface area contributed by atoms with Gasteiger partial charge in [-0.25, -0.2) is 4.39 Å². The van der Waals surface area contributed by atoms with Crippen LogP contribution in [0.15, 0.2) is 29.8 Å². The summed E-state index contributed by atoms with van der Waals surface area (Å²) in [5.41, 5.74) is 2.29. The van der Waals surface area contributed by atoms with Crippen LogP contribution in [0, 0.1) is 12.7 Å². The van der Waals surface area contributed by atoms with E-state index in [4.69, 9.17) is 0 Å². The minimum Gasteiger partial charge on any atom is -0.334 e. The van der Waals surface area contributed by atoms with Crippen LogP contribution in [0.25, 0.3) is 0 Å². The first-order chi connectivity index (χ1) is 8.08. The highest BCUT2D eigenvalue weighted by Crippen LogP contribution is 2.15. The molecule has 0 bridgehead atoms. The molecule has 1 aliphatic rings. The van der Waals surface area contributed by atoms with Gasteiger partial charge >= 0.3 is 0 Å². The molecule has 17 heavy (non-hydrogen) atoms. The van der Waals surface area contributed by atoms with Gasteiger partial charge in [-0.05, 0) is 44.0 Å². The maximum absolute atomic E-state index is 13.1. The quantitative estimate of drug-likeness (QED) is 0.683. The van der Waals surface area contributed by atoms with Crippen molar-refractivity contribution in [1.29, 1.82) is 0 Å². The highest BCUT2D eigenvalue weighted by molar-refractivity contribution is 5.94. The van der Waals surface area contributed by atoms with E-state index >= 15 is 0 Å². The second kappa shape index (κ2) is 4.70. The molecule has 90 valence electrons. The molecule has 2 rings (SSSR count). The van der Waals surface area contributed by atoms with Crippen LogP contribution in [0.4, 0.5) is 4.39 Å². The Morgan fingerprint density at radius 1 is 1.35 bits per heavy atom. The van der Waals surface area contributed by atoms with Crippen molar-refractivity contribution < 1.29 is 9.18 Å². The van der Waals surface area contributed by atoms with Gasteiger partial charge in [-0.2, -0.15) is 0 Å². The first-order valence-electron chi connectivity index (χ1n) is 5.79. The van der Waals surface area contributed by atoms with Crippen molar-refractivity contribution in [3.63, 3.8) is 0 Å². The summed E-state index contributed by atoms with van der Waals surface area (Å²) in [7, 11) is 0. The topological polar surface area (TPSA) is 20.3 Å². The van der Waals surface area contributed by atoms with Crippen LogP contribution in [0.5, 0.6) is 0 Å². The predicted molar refractivity (Wildman–Crippen MR) is 65.4 cm³/mol. The highest BCUT2D eigenvalue weighted by Gasteiger charge is 2.18. The van der Waals surface area contributed by atoms with Gasteiger partial charge in [0.05, 0.1) is 0 Å². The molecular weight excluding hydrogens is 217 g/mol. The van der Waals surface area contributed by atoms with Crippen molar-refractivity contribution in [2.75, 3.05) is 13.1 Å². The van der Waals surface area contributed by atoms with Gasteiger partial charge in [0.15, 0.2) is 0 Å². The van der Waals surface area contributed by atoms with Gasteiger partial charge in [-0.3, -0.25) is 4.79 Å². The number of nitrogens with zero attached hydrogens (tertiary/aromatic N) is 1. The van der Waals surface area contributed by atoms with E-state index in [2.05, 4.69) is 6.08 Å². The number of amides is 1. The Morgan fingerprint density at radius 3 is 2.76 bits per heavy atom. The van der Waals surface area contributed by atoms with Gasteiger partial charge in [0.25, 0.3) is 5.91 Å². The van der Waals surface area contributed by atoms with Crippen LogP contribution in [0.3, 0.4) is 0 Å². The molecule has 0 atom stereocenters. The predicted octanol–water partition coefficient (Wildman–Crippen LogP) is 2.93. The third kappa shape index (κ3) is 2.54. The van der Waals surface area contributed by atoms with E-state index in [1.54, 1.807) is 19.1 Å². The second-order valence-corrected chi connectivity index (χ2v) is 4.53. The molecule has 0 spiro atoms. The molecule has 0 N–H and O–H groups in total. The van der Waals surface area contributed by atoms with Crippen LogP contribution in [-0.2, 0) is 0 Å². The standard InChI is InChI=1S/C14H16FNO/c1-10-4-3-7-16(9-10)14(17)12-5-6-13(15)11(2)8-12/h4-6,8H,3,7,9H2,1-2H3. The Kier molecular flexibility index (Phi) is 3.27. The van der Waals surface area contributed by atoms with Crippen LogP contribution < -0.4 is 0 Å². The first kappa shape index (κ1) is 11.8. The van der Waals surface area contributed by atoms with Crippen molar-refractivity contribution >= 4 is 5.91 Å². The SMILES string of the molecule is CC1=CCCN(C(=O)c2ccc(F)c(C)c2)C1. The Labute approximate surface area is 101 Å². The van der Waals surface area contributed by atoms with Crippen molar-refractivity contribution in [2.24, 2.45) is 0 Å². The van der Waals surface area contributed by atoms with Gasteiger partial charge < -0.3 is 4.90 Å². The van der Waals surface area contributed by atoms with Gasteiger partial charge in [-0.15, -0.1) is 0 Å². The molecule has 0 fully saturated rings. The molecule has 1 aromatic rings. The van der Waals surface area contributed by atoms with E-state index < -0.39 is 0 Å². The molecule has 0 radical (unpaired) electrons. The van der Waals surface area contributed by atoms with Crippen LogP contribution >= 0.6 is 0 Å². The number of aryl methyl sites for hydroxylation is 1. The van der Waals surface area contributed by atoms with Gasteiger partial charge in [-0.1, -0.05) is 11.6 Å². The Hall–Kier alpha value is -1.64. The Balaban J connectivity index is 2.19. The number of carbonyl (C=O) groups is 1. The molecule has 0 aromatic heterocycles. The molecule has 2 nitrogen and oxygen atoms in total. The van der Waals surface area contributed by atoms with Crippen molar-refractivity contribution in [3.8, 4) is 0 Å². The molecular formula is C14H16FNO. The van der Waals surface area contributed by atoms with Crippen molar-refractivity contribution in [3.05, 3.63) is 46.8 Å². The normalized spacial score (nSPS) is 15.7. The second-order valence-electron chi connectivity index (χ2n) is 4.53. The largest absolute Gasteiger partial charge is 0.334 e. The van der Waals surface area contributed by atoms with Gasteiger partial charge in [0.2, 0.25) is 0 Å². The Morgan fingerprint density at radius 2 is 2.12 bits per heavy atom. The van der Waals surface area contributed by atoms with Gasteiger partial charge in [0.1, 0.15) is 5.82 Å². The summed E-state index contributed by atoms with van der Waals surface area (Å²) in [5.74, 6) is -0.281. The number of hydrogen-bond acceptors (Lipinski definition) is 1. The van der Waals surface area contributed by atoms with E-state index in [0.29, 0.717) is 17.7 Å². The van der Waals surface area contributed by atoms with E-state index in [-0.39, 0.29) is 11.7 Å².